The smallest absolute Gasteiger partial charge is 0.387 e. The maximum atomic E-state index is 12.1. The molecule has 0 saturated carbocycles. The van der Waals surface area contributed by atoms with Gasteiger partial charge in [0.1, 0.15) is 17.6 Å². The van der Waals surface area contributed by atoms with Crippen molar-refractivity contribution in [1.29, 1.82) is 0 Å². The number of benzene rings is 1. The number of nitrogens with two attached hydrogens (primary N) is 1. The van der Waals surface area contributed by atoms with E-state index in [1.807, 2.05) is 6.08 Å². The van der Waals surface area contributed by atoms with Gasteiger partial charge in [-0.3, -0.25) is 5.84 Å². The van der Waals surface area contributed by atoms with Crippen LogP contribution >= 0.6 is 0 Å². The van der Waals surface area contributed by atoms with Crippen molar-refractivity contribution < 1.29 is 18.3 Å². The van der Waals surface area contributed by atoms with Crippen molar-refractivity contribution in [2.45, 2.75) is 19.1 Å². The summed E-state index contributed by atoms with van der Waals surface area (Å²) in [4.78, 5) is 0. The van der Waals surface area contributed by atoms with Crippen molar-refractivity contribution in [3.05, 3.63) is 41.7 Å². The SMILES string of the molecule is NNC(C1=CCCO1)c1cccc(OC(F)F)c1. The minimum atomic E-state index is -2.84. The third kappa shape index (κ3) is 2.96. The largest absolute Gasteiger partial charge is 0.496 e. The van der Waals surface area contributed by atoms with Gasteiger partial charge in [-0.15, -0.1) is 0 Å². The first-order valence-corrected chi connectivity index (χ1v) is 5.54. The van der Waals surface area contributed by atoms with Gasteiger partial charge < -0.3 is 9.47 Å². The van der Waals surface area contributed by atoms with Crippen molar-refractivity contribution >= 4 is 0 Å². The summed E-state index contributed by atoms with van der Waals surface area (Å²) in [6, 6.07) is 6.03. The Labute approximate surface area is 103 Å². The fraction of sp³-hybridized carbons (Fsp3) is 0.333. The van der Waals surface area contributed by atoms with Crippen LogP contribution in [0.25, 0.3) is 0 Å². The van der Waals surface area contributed by atoms with Crippen LogP contribution < -0.4 is 16.0 Å². The summed E-state index contributed by atoms with van der Waals surface area (Å²) in [5.41, 5.74) is 3.32. The van der Waals surface area contributed by atoms with Crippen LogP contribution in [0.3, 0.4) is 0 Å². The average Bonchev–Trinajstić information content (AvgIpc) is 2.83. The Kier molecular flexibility index (Phi) is 4.11. The predicted molar refractivity (Wildman–Crippen MR) is 61.8 cm³/mol. The van der Waals surface area contributed by atoms with Crippen LogP contribution in [-0.2, 0) is 4.74 Å². The lowest BCUT2D eigenvalue weighted by atomic mass is 10.1. The Morgan fingerprint density at radius 1 is 1.39 bits per heavy atom. The molecule has 4 nitrogen and oxygen atoms in total. The predicted octanol–water partition coefficient (Wildman–Crippen LogP) is 2.10. The van der Waals surface area contributed by atoms with Crippen LogP contribution in [0.2, 0.25) is 0 Å². The van der Waals surface area contributed by atoms with Gasteiger partial charge >= 0.3 is 6.61 Å². The highest BCUT2D eigenvalue weighted by Gasteiger charge is 2.20. The first kappa shape index (κ1) is 12.8. The monoisotopic (exact) mass is 256 g/mol. The average molecular weight is 256 g/mol. The second-order valence-electron chi connectivity index (χ2n) is 3.79. The fourth-order valence-corrected chi connectivity index (χ4v) is 1.85. The normalized spacial score (nSPS) is 16.3. The molecule has 1 heterocycles. The van der Waals surface area contributed by atoms with Crippen LogP contribution in [0, 0.1) is 0 Å². The number of hydrogen-bond acceptors (Lipinski definition) is 4. The van der Waals surface area contributed by atoms with Gasteiger partial charge in [-0.2, -0.15) is 8.78 Å². The second kappa shape index (κ2) is 5.79. The molecule has 1 aromatic rings. The molecule has 0 bridgehead atoms. The molecule has 0 fully saturated rings. The van der Waals surface area contributed by atoms with Gasteiger partial charge in [0.15, 0.2) is 0 Å². The zero-order valence-electron chi connectivity index (χ0n) is 9.61. The van der Waals surface area contributed by atoms with Crippen molar-refractivity contribution in [3.8, 4) is 5.75 Å². The molecule has 0 saturated heterocycles. The molecule has 18 heavy (non-hydrogen) atoms. The van der Waals surface area contributed by atoms with Gasteiger partial charge in [0.2, 0.25) is 0 Å². The molecule has 1 atom stereocenters. The molecule has 1 unspecified atom stereocenters. The highest BCUT2D eigenvalue weighted by Crippen LogP contribution is 2.28. The van der Waals surface area contributed by atoms with E-state index in [9.17, 15) is 8.78 Å². The molecule has 0 aromatic heterocycles. The highest BCUT2D eigenvalue weighted by atomic mass is 19.3. The van der Waals surface area contributed by atoms with Gasteiger partial charge in [0.05, 0.1) is 6.61 Å². The summed E-state index contributed by atoms with van der Waals surface area (Å²) < 4.78 is 34.0. The summed E-state index contributed by atoms with van der Waals surface area (Å²) in [6.07, 6.45) is 2.74. The van der Waals surface area contributed by atoms with Crippen molar-refractivity contribution in [2.75, 3.05) is 6.61 Å². The lowest BCUT2D eigenvalue weighted by molar-refractivity contribution is -0.0499. The first-order valence-electron chi connectivity index (χ1n) is 5.54. The van der Waals surface area contributed by atoms with E-state index in [0.717, 1.165) is 6.42 Å². The molecule has 1 aliphatic heterocycles. The number of ether oxygens (including phenoxy) is 2. The zero-order chi connectivity index (χ0) is 13.0. The lowest BCUT2D eigenvalue weighted by Gasteiger charge is -2.18. The summed E-state index contributed by atoms with van der Waals surface area (Å²) in [5.74, 6) is 6.28. The van der Waals surface area contributed by atoms with Crippen LogP contribution in [0.5, 0.6) is 5.75 Å². The Morgan fingerprint density at radius 2 is 2.22 bits per heavy atom. The topological polar surface area (TPSA) is 56.5 Å². The molecular formula is C12H14F2N2O2. The van der Waals surface area contributed by atoms with Crippen LogP contribution in [-0.4, -0.2) is 13.2 Å². The van der Waals surface area contributed by atoms with Gasteiger partial charge in [0, 0.05) is 6.42 Å². The number of alkyl halides is 2. The van der Waals surface area contributed by atoms with Crippen LogP contribution in [0.15, 0.2) is 36.1 Å². The van der Waals surface area contributed by atoms with Gasteiger partial charge in [0.25, 0.3) is 0 Å². The molecule has 3 N–H and O–H groups in total. The number of nitrogens with one attached hydrogen (secondary N) is 1. The molecule has 0 radical (unpaired) electrons. The summed E-state index contributed by atoms with van der Waals surface area (Å²) in [5, 5.41) is 0. The summed E-state index contributed by atoms with van der Waals surface area (Å²) in [7, 11) is 0. The van der Waals surface area contributed by atoms with E-state index >= 15 is 0 Å². The number of halogens is 2. The zero-order valence-corrected chi connectivity index (χ0v) is 9.61. The maximum Gasteiger partial charge on any atom is 0.387 e. The minimum absolute atomic E-state index is 0.0985. The quantitative estimate of drug-likeness (QED) is 0.625. The third-order valence-electron chi connectivity index (χ3n) is 2.60. The van der Waals surface area contributed by atoms with E-state index in [2.05, 4.69) is 10.2 Å². The van der Waals surface area contributed by atoms with Gasteiger partial charge in [-0.25, -0.2) is 5.43 Å². The van der Waals surface area contributed by atoms with E-state index in [1.54, 1.807) is 12.1 Å². The summed E-state index contributed by atoms with van der Waals surface area (Å²) >= 11 is 0. The van der Waals surface area contributed by atoms with Crippen molar-refractivity contribution in [1.82, 2.24) is 5.43 Å². The maximum absolute atomic E-state index is 12.1. The molecule has 6 heteroatoms. The number of hydrazine groups is 1. The molecular weight excluding hydrogens is 242 g/mol. The lowest BCUT2D eigenvalue weighted by Crippen LogP contribution is -2.29. The number of hydrogen-bond donors (Lipinski definition) is 2. The van der Waals surface area contributed by atoms with E-state index in [-0.39, 0.29) is 11.8 Å². The molecule has 0 amide bonds. The Hall–Kier alpha value is -1.66. The molecule has 98 valence electrons. The molecule has 1 aliphatic rings. The third-order valence-corrected chi connectivity index (χ3v) is 2.60. The molecule has 0 aliphatic carbocycles. The summed E-state index contributed by atoms with van der Waals surface area (Å²) in [6.45, 7) is -2.23. The Balaban J connectivity index is 2.20. The van der Waals surface area contributed by atoms with E-state index < -0.39 is 6.61 Å². The Morgan fingerprint density at radius 3 is 2.83 bits per heavy atom. The van der Waals surface area contributed by atoms with Crippen LogP contribution in [0.4, 0.5) is 8.78 Å². The van der Waals surface area contributed by atoms with E-state index in [1.165, 1.54) is 12.1 Å². The van der Waals surface area contributed by atoms with E-state index in [4.69, 9.17) is 10.6 Å². The standard InChI is InChI=1S/C12H14F2N2O2/c13-12(14)18-9-4-1-3-8(7-9)11(16-15)10-5-2-6-17-10/h1,3-5,7,11-12,16H,2,6,15H2. The van der Waals surface area contributed by atoms with Gasteiger partial charge in [-0.05, 0) is 23.8 Å². The van der Waals surface area contributed by atoms with Crippen LogP contribution in [0.1, 0.15) is 18.0 Å². The molecule has 1 aromatic carbocycles. The minimum Gasteiger partial charge on any atom is -0.496 e. The van der Waals surface area contributed by atoms with Gasteiger partial charge in [-0.1, -0.05) is 12.1 Å². The van der Waals surface area contributed by atoms with E-state index in [0.29, 0.717) is 17.9 Å². The highest BCUT2D eigenvalue weighted by molar-refractivity contribution is 5.34. The fourth-order valence-electron chi connectivity index (χ4n) is 1.85. The first-order chi connectivity index (χ1) is 8.70. The molecule has 0 spiro atoms. The number of rotatable bonds is 5. The van der Waals surface area contributed by atoms with Crippen molar-refractivity contribution in [3.63, 3.8) is 0 Å². The second-order valence-corrected chi connectivity index (χ2v) is 3.79. The molecule has 2 rings (SSSR count). The van der Waals surface area contributed by atoms with Crippen molar-refractivity contribution in [2.24, 2.45) is 5.84 Å². The Bertz CT molecular complexity index is 438.